The van der Waals surface area contributed by atoms with Gasteiger partial charge < -0.3 is 28.4 Å². The number of methoxy groups -OCH3 is 4. The molecule has 3 unspecified atom stereocenters. The van der Waals surface area contributed by atoms with Gasteiger partial charge in [0, 0.05) is 25.6 Å². The van der Waals surface area contributed by atoms with Crippen molar-refractivity contribution in [2.45, 2.75) is 26.4 Å². The molecule has 0 N–H and O–H groups in total. The van der Waals surface area contributed by atoms with Crippen LogP contribution in [0.15, 0.2) is 36.4 Å². The Hall–Kier alpha value is -1.74. The minimum atomic E-state index is -0.496. The summed E-state index contributed by atoms with van der Waals surface area (Å²) < 4.78 is 32.6. The molecule has 9 heteroatoms. The Labute approximate surface area is 191 Å². The molecule has 0 saturated carbocycles. The molecular weight excluding hydrogens is 402 g/mol. The zero-order valence-electron chi connectivity index (χ0n) is 17.5. The molecule has 30 heavy (non-hydrogen) atoms. The summed E-state index contributed by atoms with van der Waals surface area (Å²) in [5.74, 6) is 1.99. The normalized spacial score (nSPS) is 12.7. The number of benzene rings is 2. The van der Waals surface area contributed by atoms with Crippen molar-refractivity contribution >= 4 is 38.3 Å². The van der Waals surface area contributed by atoms with Crippen molar-refractivity contribution in [3.8, 4) is 23.0 Å². The zero-order chi connectivity index (χ0) is 21.4. The van der Waals surface area contributed by atoms with E-state index in [0.29, 0.717) is 33.9 Å². The summed E-state index contributed by atoms with van der Waals surface area (Å²) in [6.07, 6.45) is -0.917. The molecule has 160 valence electrons. The summed E-state index contributed by atoms with van der Waals surface area (Å²) in [5, 5.41) is 0.712. The van der Waals surface area contributed by atoms with Gasteiger partial charge in [0.1, 0.15) is 28.6 Å². The van der Waals surface area contributed by atoms with Gasteiger partial charge in [-0.2, -0.15) is 0 Å². The Bertz CT molecular complexity index is 809. The Morgan fingerprint density at radius 1 is 0.833 bits per heavy atom. The fourth-order valence-corrected chi connectivity index (χ4v) is 3.54. The molecule has 0 spiro atoms. The van der Waals surface area contributed by atoms with E-state index < -0.39 is 12.6 Å². The number of ether oxygens (including phenoxy) is 6. The first-order chi connectivity index (χ1) is 13.9. The molecule has 0 aliphatic rings. The predicted molar refractivity (Wildman–Crippen MR) is 120 cm³/mol. The van der Waals surface area contributed by atoms with Gasteiger partial charge in [0.25, 0.3) is 0 Å². The van der Waals surface area contributed by atoms with E-state index in [1.807, 2.05) is 0 Å². The number of rotatable bonds is 11. The van der Waals surface area contributed by atoms with E-state index in [0.717, 1.165) is 0 Å². The third kappa shape index (κ3) is 6.90. The molecule has 2 aromatic carbocycles. The molecule has 0 bridgehead atoms. The van der Waals surface area contributed by atoms with Gasteiger partial charge >= 0.3 is 18.9 Å². The molecule has 0 saturated heterocycles. The molecule has 2 aromatic rings. The van der Waals surface area contributed by atoms with Gasteiger partial charge in [0.05, 0.1) is 14.2 Å². The molecule has 0 aliphatic carbocycles. The molecule has 0 radical (unpaired) electrons. The van der Waals surface area contributed by atoms with Crippen LogP contribution >= 0.6 is 8.58 Å². The van der Waals surface area contributed by atoms with Crippen molar-refractivity contribution in [3.05, 3.63) is 42.0 Å². The molecule has 0 aliphatic heterocycles. The first-order valence-corrected chi connectivity index (χ1v) is 9.98. The number of carbonyl (C=O) groups is 1. The second kappa shape index (κ2) is 12.8. The molecule has 3 atom stereocenters. The summed E-state index contributed by atoms with van der Waals surface area (Å²) in [4.78, 5) is 13.1. The molecule has 0 amide bonds. The summed E-state index contributed by atoms with van der Waals surface area (Å²) in [6.45, 7) is 3.55. The van der Waals surface area contributed by atoms with Gasteiger partial charge in [-0.05, 0) is 46.7 Å². The van der Waals surface area contributed by atoms with Crippen molar-refractivity contribution in [2.75, 3.05) is 28.4 Å². The van der Waals surface area contributed by atoms with Gasteiger partial charge in [0.15, 0.2) is 18.1 Å². The molecular formula is C21H28LiO7P. The molecule has 0 fully saturated rings. The van der Waals surface area contributed by atoms with E-state index in [1.54, 1.807) is 64.5 Å². The second-order valence-electron chi connectivity index (χ2n) is 5.99. The first kappa shape index (κ1) is 26.3. The average Bonchev–Trinajstić information content (AvgIpc) is 2.74. The van der Waals surface area contributed by atoms with Crippen LogP contribution in [-0.4, -0.2) is 65.4 Å². The average molecular weight is 430 g/mol. The van der Waals surface area contributed by atoms with Crippen LogP contribution < -0.4 is 24.3 Å². The van der Waals surface area contributed by atoms with E-state index >= 15 is 0 Å². The topological polar surface area (TPSA) is 72.5 Å². The summed E-state index contributed by atoms with van der Waals surface area (Å²) >= 11 is 0. The van der Waals surface area contributed by atoms with Gasteiger partial charge in [-0.1, -0.05) is 6.07 Å². The number of hydrogen-bond acceptors (Lipinski definition) is 7. The SMILES string of the molecule is COc1cccc(OC)c1C(=O)Pc1ccc(OC(C)OC)cc1OC(C)OC.[LiH]. The summed E-state index contributed by atoms with van der Waals surface area (Å²) in [6, 6.07) is 10.5. The van der Waals surface area contributed by atoms with Crippen molar-refractivity contribution < 1.29 is 33.2 Å². The van der Waals surface area contributed by atoms with Gasteiger partial charge in [-0.25, -0.2) is 0 Å². The second-order valence-corrected chi connectivity index (χ2v) is 7.23. The van der Waals surface area contributed by atoms with Crippen molar-refractivity contribution in [1.29, 1.82) is 0 Å². The molecule has 0 aromatic heterocycles. The fourth-order valence-electron chi connectivity index (χ4n) is 2.50. The van der Waals surface area contributed by atoms with Gasteiger partial charge in [-0.3, -0.25) is 4.79 Å². The van der Waals surface area contributed by atoms with Crippen LogP contribution in [0.5, 0.6) is 23.0 Å². The third-order valence-electron chi connectivity index (χ3n) is 4.11. The van der Waals surface area contributed by atoms with Gasteiger partial charge in [-0.15, -0.1) is 0 Å². The first-order valence-electron chi connectivity index (χ1n) is 8.98. The maximum atomic E-state index is 13.1. The minimum absolute atomic E-state index is 0. The van der Waals surface area contributed by atoms with E-state index in [9.17, 15) is 4.79 Å². The Kier molecular flexibility index (Phi) is 11.3. The van der Waals surface area contributed by atoms with E-state index in [2.05, 4.69) is 0 Å². The molecule has 7 nitrogen and oxygen atoms in total. The Morgan fingerprint density at radius 2 is 1.40 bits per heavy atom. The van der Waals surface area contributed by atoms with E-state index in [1.165, 1.54) is 14.2 Å². The van der Waals surface area contributed by atoms with Crippen LogP contribution in [0.25, 0.3) is 0 Å². The number of carbonyl (C=O) groups excluding carboxylic acids is 1. The quantitative estimate of drug-likeness (QED) is 0.308. The monoisotopic (exact) mass is 430 g/mol. The molecule has 0 heterocycles. The Balaban J connectivity index is 0.00000450. The van der Waals surface area contributed by atoms with Crippen LogP contribution in [0.4, 0.5) is 0 Å². The van der Waals surface area contributed by atoms with Crippen molar-refractivity contribution in [3.63, 3.8) is 0 Å². The van der Waals surface area contributed by atoms with E-state index in [4.69, 9.17) is 28.4 Å². The van der Waals surface area contributed by atoms with Crippen LogP contribution in [0.3, 0.4) is 0 Å². The Morgan fingerprint density at radius 3 is 1.93 bits per heavy atom. The van der Waals surface area contributed by atoms with Crippen molar-refractivity contribution in [1.82, 2.24) is 0 Å². The summed E-state index contributed by atoms with van der Waals surface area (Å²) in [5.41, 5.74) is 0.267. The number of hydrogen-bond donors (Lipinski definition) is 0. The van der Waals surface area contributed by atoms with Crippen molar-refractivity contribution in [2.24, 2.45) is 0 Å². The van der Waals surface area contributed by atoms with Crippen LogP contribution in [0.1, 0.15) is 24.2 Å². The summed E-state index contributed by atoms with van der Waals surface area (Å²) in [7, 11) is 5.93. The van der Waals surface area contributed by atoms with Crippen LogP contribution in [0.2, 0.25) is 0 Å². The maximum absolute atomic E-state index is 13.1. The van der Waals surface area contributed by atoms with Crippen LogP contribution in [-0.2, 0) is 9.47 Å². The zero-order valence-corrected chi connectivity index (χ0v) is 18.5. The standard InChI is InChI=1S/C21H27O7P.Li.H/c1-13(23-3)27-15-10-11-19(18(12-15)28-14(2)24-4)29-21(22)20-16(25-5)8-7-9-17(20)26-6;;/h7-14,29H,1-6H3;;. The molecule has 2 rings (SSSR count). The predicted octanol–water partition coefficient (Wildman–Crippen LogP) is 2.94. The fraction of sp³-hybridized carbons (Fsp3) is 0.381. The van der Waals surface area contributed by atoms with E-state index in [-0.39, 0.29) is 33.0 Å². The van der Waals surface area contributed by atoms with Crippen LogP contribution in [0, 0.1) is 0 Å². The van der Waals surface area contributed by atoms with Gasteiger partial charge in [0.2, 0.25) is 0 Å². The third-order valence-corrected chi connectivity index (χ3v) is 5.27.